The van der Waals surface area contributed by atoms with Crippen molar-refractivity contribution in [1.82, 2.24) is 30.4 Å². The topological polar surface area (TPSA) is 106 Å². The molecule has 2 aromatic rings. The van der Waals surface area contributed by atoms with Crippen molar-refractivity contribution in [2.45, 2.75) is 57.0 Å². The van der Waals surface area contributed by atoms with Gasteiger partial charge in [-0.05, 0) is 43.2 Å². The highest BCUT2D eigenvalue weighted by Gasteiger charge is 2.41. The summed E-state index contributed by atoms with van der Waals surface area (Å²) in [5.74, 6) is 2.34. The fraction of sp³-hybridized carbons (Fsp3) is 0.476. The second-order valence-electron chi connectivity index (χ2n) is 7.97. The Morgan fingerprint density at radius 1 is 1.33 bits per heavy atom. The van der Waals surface area contributed by atoms with E-state index in [2.05, 4.69) is 48.4 Å². The summed E-state index contributed by atoms with van der Waals surface area (Å²) in [6.45, 7) is 2.53. The summed E-state index contributed by atoms with van der Waals surface area (Å²) in [7, 11) is 0. The number of rotatable bonds is 5. The van der Waals surface area contributed by atoms with Gasteiger partial charge in [0.25, 0.3) is 0 Å². The molecule has 1 fully saturated rings. The van der Waals surface area contributed by atoms with Crippen LogP contribution in [0.4, 0.5) is 4.79 Å². The first-order valence-electron chi connectivity index (χ1n) is 10.5. The summed E-state index contributed by atoms with van der Waals surface area (Å²) < 4.78 is 7.92. The van der Waals surface area contributed by atoms with E-state index < -0.39 is 6.09 Å². The van der Waals surface area contributed by atoms with Crippen LogP contribution in [0.25, 0.3) is 0 Å². The van der Waals surface area contributed by atoms with E-state index in [0.717, 1.165) is 36.6 Å². The van der Waals surface area contributed by atoms with Crippen molar-refractivity contribution in [3.05, 3.63) is 54.0 Å². The molecule has 0 aromatic carbocycles. The van der Waals surface area contributed by atoms with Crippen molar-refractivity contribution in [1.29, 1.82) is 0 Å². The van der Waals surface area contributed by atoms with Gasteiger partial charge in [0.15, 0.2) is 5.82 Å². The number of amides is 1. The minimum atomic E-state index is -0.403. The number of nitrogens with one attached hydrogen (secondary N) is 2. The van der Waals surface area contributed by atoms with Crippen LogP contribution in [0.1, 0.15) is 55.5 Å². The summed E-state index contributed by atoms with van der Waals surface area (Å²) in [5.41, 5.74) is 0.801. The Morgan fingerprint density at radius 2 is 2.27 bits per heavy atom. The molecule has 2 N–H and O–H groups in total. The third-order valence-corrected chi connectivity index (χ3v) is 6.20. The molecule has 1 saturated carbocycles. The zero-order valence-electron chi connectivity index (χ0n) is 16.8. The summed E-state index contributed by atoms with van der Waals surface area (Å²) >= 11 is 0. The van der Waals surface area contributed by atoms with Crippen LogP contribution in [0, 0.1) is 5.92 Å². The summed E-state index contributed by atoms with van der Waals surface area (Å²) in [6.07, 6.45) is 9.57. The van der Waals surface area contributed by atoms with E-state index in [9.17, 15) is 4.79 Å². The predicted octanol–water partition coefficient (Wildman–Crippen LogP) is 2.29. The molecule has 156 valence electrons. The molecule has 0 radical (unpaired) electrons. The summed E-state index contributed by atoms with van der Waals surface area (Å²) in [4.78, 5) is 21.0. The number of hydrogen-bond acceptors (Lipinski definition) is 7. The molecule has 0 saturated heterocycles. The van der Waals surface area contributed by atoms with E-state index in [1.807, 2.05) is 24.4 Å². The second kappa shape index (κ2) is 7.89. The number of ether oxygens (including phenoxy) is 1. The Morgan fingerprint density at radius 3 is 3.10 bits per heavy atom. The minimum Gasteiger partial charge on any atom is -0.446 e. The normalized spacial score (nSPS) is 28.6. The SMILES string of the molecule is CC[C@@H]1C[C@H](OC(=O)NCc2ccccn2)C[C@@H]1c1nnc2n1C1C=CNC1N=C2. The molecular formula is C21H25N7O2. The Kier molecular flexibility index (Phi) is 4.94. The lowest BCUT2D eigenvalue weighted by molar-refractivity contribution is 0.0975. The molecule has 1 amide bonds. The van der Waals surface area contributed by atoms with Gasteiger partial charge in [0.2, 0.25) is 0 Å². The molecule has 0 spiro atoms. The number of fused-ring (bicyclic) bond motifs is 3. The third kappa shape index (κ3) is 3.44. The van der Waals surface area contributed by atoms with E-state index in [1.165, 1.54) is 0 Å². The van der Waals surface area contributed by atoms with Crippen molar-refractivity contribution in [2.75, 3.05) is 0 Å². The lowest BCUT2D eigenvalue weighted by Crippen LogP contribution is -2.33. The van der Waals surface area contributed by atoms with Gasteiger partial charge in [0.05, 0.1) is 24.5 Å². The molecule has 2 aliphatic heterocycles. The van der Waals surface area contributed by atoms with Crippen molar-refractivity contribution < 1.29 is 9.53 Å². The maximum Gasteiger partial charge on any atom is 0.407 e. The number of aliphatic imine (C=N–C) groups is 1. The predicted molar refractivity (Wildman–Crippen MR) is 110 cm³/mol. The first kappa shape index (κ1) is 18.8. The quantitative estimate of drug-likeness (QED) is 0.788. The van der Waals surface area contributed by atoms with Crippen LogP contribution in [-0.4, -0.2) is 44.3 Å². The smallest absolute Gasteiger partial charge is 0.407 e. The van der Waals surface area contributed by atoms with Gasteiger partial charge >= 0.3 is 6.09 Å². The number of aromatic nitrogens is 4. The maximum atomic E-state index is 12.3. The highest BCUT2D eigenvalue weighted by molar-refractivity contribution is 5.76. The van der Waals surface area contributed by atoms with Crippen LogP contribution in [0.5, 0.6) is 0 Å². The van der Waals surface area contributed by atoms with E-state index in [-0.39, 0.29) is 24.2 Å². The molecule has 3 aliphatic rings. The number of nitrogens with zero attached hydrogens (tertiary/aromatic N) is 5. The number of pyridine rings is 1. The Labute approximate surface area is 174 Å². The van der Waals surface area contributed by atoms with Crippen molar-refractivity contribution in [3.8, 4) is 0 Å². The molecule has 1 aliphatic carbocycles. The molecule has 9 nitrogen and oxygen atoms in total. The van der Waals surface area contributed by atoms with Crippen LogP contribution in [0.15, 0.2) is 41.7 Å². The average molecular weight is 407 g/mol. The zero-order valence-corrected chi connectivity index (χ0v) is 16.8. The Hall–Kier alpha value is -3.23. The van der Waals surface area contributed by atoms with Crippen molar-refractivity contribution in [3.63, 3.8) is 0 Å². The molecule has 30 heavy (non-hydrogen) atoms. The van der Waals surface area contributed by atoms with Crippen molar-refractivity contribution >= 4 is 12.3 Å². The minimum absolute atomic E-state index is 0.00171. The van der Waals surface area contributed by atoms with Gasteiger partial charge in [-0.2, -0.15) is 0 Å². The largest absolute Gasteiger partial charge is 0.446 e. The zero-order chi connectivity index (χ0) is 20.5. The molecule has 5 rings (SSSR count). The molecule has 4 heterocycles. The van der Waals surface area contributed by atoms with Gasteiger partial charge < -0.3 is 15.4 Å². The molecule has 9 heteroatoms. The second-order valence-corrected chi connectivity index (χ2v) is 7.97. The number of carbonyl (C=O) groups excluding carboxylic acids is 1. The summed E-state index contributed by atoms with van der Waals surface area (Å²) in [6, 6.07) is 5.71. The standard InChI is InChI=1S/C21H25N7O2/c1-2-13-9-15(30-21(29)25-11-14-5-3-4-7-22-14)10-16(13)20-27-26-18-12-24-19-17(28(18)20)6-8-23-19/h3-8,12-13,15-17,19,23H,2,9-11H2,1H3,(H,25,29)/t13-,15+,16+,17?,19?/m1/s1. The van der Waals surface area contributed by atoms with Gasteiger partial charge in [-0.25, -0.2) is 4.79 Å². The number of alkyl carbamates (subject to hydrolysis) is 1. The van der Waals surface area contributed by atoms with Gasteiger partial charge in [-0.1, -0.05) is 19.4 Å². The molecule has 2 unspecified atom stereocenters. The van der Waals surface area contributed by atoms with Crippen LogP contribution >= 0.6 is 0 Å². The van der Waals surface area contributed by atoms with Crippen LogP contribution in [0.2, 0.25) is 0 Å². The van der Waals surface area contributed by atoms with E-state index >= 15 is 0 Å². The highest BCUT2D eigenvalue weighted by Crippen LogP contribution is 2.43. The lowest BCUT2D eigenvalue weighted by Gasteiger charge is -2.26. The first-order chi connectivity index (χ1) is 14.7. The van der Waals surface area contributed by atoms with Gasteiger partial charge in [-0.15, -0.1) is 10.2 Å². The molecular weight excluding hydrogens is 382 g/mol. The van der Waals surface area contributed by atoms with E-state index in [1.54, 1.807) is 12.4 Å². The molecule has 0 bridgehead atoms. The number of carbonyl (C=O) groups is 1. The summed E-state index contributed by atoms with van der Waals surface area (Å²) in [5, 5.41) is 14.9. The van der Waals surface area contributed by atoms with Crippen LogP contribution < -0.4 is 10.6 Å². The highest BCUT2D eigenvalue weighted by atomic mass is 16.6. The van der Waals surface area contributed by atoms with Crippen LogP contribution in [-0.2, 0) is 11.3 Å². The fourth-order valence-electron chi connectivity index (χ4n) is 4.72. The Bertz CT molecular complexity index is 971. The van der Waals surface area contributed by atoms with E-state index in [4.69, 9.17) is 4.74 Å². The monoisotopic (exact) mass is 407 g/mol. The first-order valence-corrected chi connectivity index (χ1v) is 10.5. The average Bonchev–Trinajstić information content (AvgIpc) is 3.49. The number of hydrogen-bond donors (Lipinski definition) is 2. The Balaban J connectivity index is 1.27. The molecule has 2 aromatic heterocycles. The molecule has 5 atom stereocenters. The van der Waals surface area contributed by atoms with Gasteiger partial charge in [-0.3, -0.25) is 14.5 Å². The fourth-order valence-corrected chi connectivity index (χ4v) is 4.72. The third-order valence-electron chi connectivity index (χ3n) is 6.20. The van der Waals surface area contributed by atoms with Gasteiger partial charge in [0, 0.05) is 12.1 Å². The van der Waals surface area contributed by atoms with Crippen molar-refractivity contribution in [2.24, 2.45) is 10.9 Å². The van der Waals surface area contributed by atoms with E-state index in [0.29, 0.717) is 12.5 Å². The maximum absolute atomic E-state index is 12.3. The van der Waals surface area contributed by atoms with Crippen LogP contribution in [0.3, 0.4) is 0 Å². The lowest BCUT2D eigenvalue weighted by atomic mass is 9.92. The van der Waals surface area contributed by atoms with Gasteiger partial charge in [0.1, 0.15) is 18.1 Å².